The zero-order valence-electron chi connectivity index (χ0n) is 13.2. The lowest BCUT2D eigenvalue weighted by Gasteiger charge is -2.27. The molecule has 1 aliphatic carbocycles. The van der Waals surface area contributed by atoms with E-state index in [0.717, 1.165) is 18.5 Å². The minimum atomic E-state index is -0.0273. The van der Waals surface area contributed by atoms with Gasteiger partial charge in [0.15, 0.2) is 0 Å². The van der Waals surface area contributed by atoms with Gasteiger partial charge in [-0.3, -0.25) is 4.79 Å². The summed E-state index contributed by atoms with van der Waals surface area (Å²) < 4.78 is 5.29. The second-order valence-corrected chi connectivity index (χ2v) is 6.10. The molecule has 0 bridgehead atoms. The summed E-state index contributed by atoms with van der Waals surface area (Å²) in [5, 5.41) is 3.40. The first kappa shape index (κ1) is 15.2. The summed E-state index contributed by atoms with van der Waals surface area (Å²) in [7, 11) is 0. The number of hydrogen-bond donors (Lipinski definition) is 1. The number of carbonyl (C=O) groups is 1. The molecule has 3 rings (SSSR count). The van der Waals surface area contributed by atoms with Gasteiger partial charge in [-0.1, -0.05) is 19.3 Å². The molecule has 1 aliphatic heterocycles. The Bertz CT molecular complexity index is 523. The average molecular weight is 304 g/mol. The summed E-state index contributed by atoms with van der Waals surface area (Å²) in [6.07, 6.45) is 6.13. The van der Waals surface area contributed by atoms with Crippen LogP contribution < -0.4 is 5.32 Å². The molecule has 0 unspecified atom stereocenters. The molecule has 22 heavy (non-hydrogen) atoms. The highest BCUT2D eigenvalue weighted by Gasteiger charge is 2.21. The highest BCUT2D eigenvalue weighted by Crippen LogP contribution is 2.20. The van der Waals surface area contributed by atoms with Crippen molar-refractivity contribution in [3.8, 4) is 0 Å². The number of morpholine rings is 1. The third-order valence-corrected chi connectivity index (χ3v) is 4.31. The van der Waals surface area contributed by atoms with E-state index < -0.39 is 0 Å². The van der Waals surface area contributed by atoms with Crippen LogP contribution in [-0.4, -0.2) is 53.1 Å². The van der Waals surface area contributed by atoms with Crippen molar-refractivity contribution in [1.29, 1.82) is 0 Å². The highest BCUT2D eigenvalue weighted by atomic mass is 16.5. The SMILES string of the molecule is Cc1cc(C(=O)N2CCOCC2)nc(NC2CCCCC2)n1. The Labute approximate surface area is 131 Å². The van der Waals surface area contributed by atoms with E-state index in [4.69, 9.17) is 4.74 Å². The lowest BCUT2D eigenvalue weighted by atomic mass is 9.96. The van der Waals surface area contributed by atoms with Gasteiger partial charge in [-0.25, -0.2) is 9.97 Å². The van der Waals surface area contributed by atoms with Crippen LogP contribution in [0.4, 0.5) is 5.95 Å². The lowest BCUT2D eigenvalue weighted by Crippen LogP contribution is -2.41. The number of carbonyl (C=O) groups excluding carboxylic acids is 1. The maximum atomic E-state index is 12.5. The fourth-order valence-electron chi connectivity index (χ4n) is 3.10. The van der Waals surface area contributed by atoms with Crippen molar-refractivity contribution in [2.45, 2.75) is 45.1 Å². The van der Waals surface area contributed by atoms with E-state index in [-0.39, 0.29) is 5.91 Å². The minimum Gasteiger partial charge on any atom is -0.378 e. The standard InChI is InChI=1S/C16H24N4O2/c1-12-11-14(15(21)20-7-9-22-10-8-20)19-16(17-12)18-13-5-3-2-4-6-13/h11,13H,2-10H2,1H3,(H,17,18,19). The van der Waals surface area contributed by atoms with Crippen LogP contribution in [0.15, 0.2) is 6.07 Å². The first-order valence-electron chi connectivity index (χ1n) is 8.21. The molecule has 6 heteroatoms. The van der Waals surface area contributed by atoms with Crippen LogP contribution in [0.5, 0.6) is 0 Å². The highest BCUT2D eigenvalue weighted by molar-refractivity contribution is 5.92. The number of aryl methyl sites for hydroxylation is 1. The molecule has 2 heterocycles. The molecule has 2 fully saturated rings. The Morgan fingerprint density at radius 3 is 2.68 bits per heavy atom. The molecule has 1 amide bonds. The number of hydrogen-bond acceptors (Lipinski definition) is 5. The van der Waals surface area contributed by atoms with Crippen molar-refractivity contribution < 1.29 is 9.53 Å². The van der Waals surface area contributed by atoms with Crippen LogP contribution in [0.3, 0.4) is 0 Å². The Hall–Kier alpha value is -1.69. The molecule has 2 aliphatic rings. The molecule has 0 atom stereocenters. The number of amides is 1. The molecule has 1 aromatic rings. The zero-order valence-corrected chi connectivity index (χ0v) is 13.2. The van der Waals surface area contributed by atoms with E-state index >= 15 is 0 Å². The second kappa shape index (κ2) is 7.05. The van der Waals surface area contributed by atoms with Crippen molar-refractivity contribution in [3.63, 3.8) is 0 Å². The molecular formula is C16H24N4O2. The van der Waals surface area contributed by atoms with Crippen molar-refractivity contribution in [2.24, 2.45) is 0 Å². The van der Waals surface area contributed by atoms with Gasteiger partial charge in [0.05, 0.1) is 13.2 Å². The van der Waals surface area contributed by atoms with Gasteiger partial charge in [0, 0.05) is 24.8 Å². The Kier molecular flexibility index (Phi) is 4.87. The molecule has 1 N–H and O–H groups in total. The smallest absolute Gasteiger partial charge is 0.272 e. The van der Waals surface area contributed by atoms with Gasteiger partial charge in [-0.2, -0.15) is 0 Å². The van der Waals surface area contributed by atoms with E-state index in [2.05, 4.69) is 15.3 Å². The maximum absolute atomic E-state index is 12.5. The van der Waals surface area contributed by atoms with Crippen LogP contribution in [-0.2, 0) is 4.74 Å². The van der Waals surface area contributed by atoms with Crippen LogP contribution >= 0.6 is 0 Å². The maximum Gasteiger partial charge on any atom is 0.272 e. The first-order chi connectivity index (χ1) is 10.7. The van der Waals surface area contributed by atoms with Crippen LogP contribution in [0.2, 0.25) is 0 Å². The average Bonchev–Trinajstić information content (AvgIpc) is 2.55. The van der Waals surface area contributed by atoms with Gasteiger partial charge in [0.2, 0.25) is 5.95 Å². The monoisotopic (exact) mass is 304 g/mol. The summed E-state index contributed by atoms with van der Waals surface area (Å²) in [6, 6.07) is 2.20. The lowest BCUT2D eigenvalue weighted by molar-refractivity contribution is 0.0299. The summed E-state index contributed by atoms with van der Waals surface area (Å²) >= 11 is 0. The number of nitrogens with zero attached hydrogens (tertiary/aromatic N) is 3. The molecule has 6 nitrogen and oxygen atoms in total. The summed E-state index contributed by atoms with van der Waals surface area (Å²) in [6.45, 7) is 4.37. The van der Waals surface area contributed by atoms with Gasteiger partial charge in [0.1, 0.15) is 5.69 Å². The van der Waals surface area contributed by atoms with Gasteiger partial charge >= 0.3 is 0 Å². The Balaban J connectivity index is 1.72. The molecule has 1 saturated heterocycles. The van der Waals surface area contributed by atoms with Gasteiger partial charge in [-0.15, -0.1) is 0 Å². The summed E-state index contributed by atoms with van der Waals surface area (Å²) in [5.41, 5.74) is 1.30. The third-order valence-electron chi connectivity index (χ3n) is 4.31. The number of rotatable bonds is 3. The third kappa shape index (κ3) is 3.74. The van der Waals surface area contributed by atoms with E-state index in [0.29, 0.717) is 44.0 Å². The Morgan fingerprint density at radius 1 is 1.23 bits per heavy atom. The van der Waals surface area contributed by atoms with Crippen molar-refractivity contribution in [1.82, 2.24) is 14.9 Å². The minimum absolute atomic E-state index is 0.0273. The molecule has 0 aromatic carbocycles. The zero-order chi connectivity index (χ0) is 15.4. The van der Waals surface area contributed by atoms with Gasteiger partial charge in [0.25, 0.3) is 5.91 Å². The molecular weight excluding hydrogens is 280 g/mol. The molecule has 0 radical (unpaired) electrons. The Morgan fingerprint density at radius 2 is 1.95 bits per heavy atom. The first-order valence-corrected chi connectivity index (χ1v) is 8.21. The topological polar surface area (TPSA) is 67.4 Å². The predicted molar refractivity (Wildman–Crippen MR) is 84.0 cm³/mol. The van der Waals surface area contributed by atoms with E-state index in [1.54, 1.807) is 11.0 Å². The van der Waals surface area contributed by atoms with Crippen molar-refractivity contribution in [2.75, 3.05) is 31.6 Å². The van der Waals surface area contributed by atoms with E-state index in [1.807, 2.05) is 6.92 Å². The normalized spacial score (nSPS) is 20.0. The fraction of sp³-hybridized carbons (Fsp3) is 0.688. The number of anilines is 1. The van der Waals surface area contributed by atoms with Crippen LogP contribution in [0.25, 0.3) is 0 Å². The van der Waals surface area contributed by atoms with Crippen molar-refractivity contribution in [3.05, 3.63) is 17.5 Å². The fourth-order valence-corrected chi connectivity index (χ4v) is 3.10. The van der Waals surface area contributed by atoms with Crippen LogP contribution in [0, 0.1) is 6.92 Å². The molecule has 0 spiro atoms. The second-order valence-electron chi connectivity index (χ2n) is 6.10. The van der Waals surface area contributed by atoms with Gasteiger partial charge in [-0.05, 0) is 25.8 Å². The molecule has 1 aromatic heterocycles. The predicted octanol–water partition coefficient (Wildman–Crippen LogP) is 2.00. The quantitative estimate of drug-likeness (QED) is 0.925. The van der Waals surface area contributed by atoms with E-state index in [1.165, 1.54) is 19.3 Å². The molecule has 1 saturated carbocycles. The number of aromatic nitrogens is 2. The summed E-state index contributed by atoms with van der Waals surface area (Å²) in [5.74, 6) is 0.559. The van der Waals surface area contributed by atoms with Gasteiger partial charge < -0.3 is 15.0 Å². The number of nitrogens with one attached hydrogen (secondary N) is 1. The number of ether oxygens (including phenoxy) is 1. The van der Waals surface area contributed by atoms with E-state index in [9.17, 15) is 4.79 Å². The van der Waals surface area contributed by atoms with Crippen LogP contribution in [0.1, 0.15) is 48.3 Å². The summed E-state index contributed by atoms with van der Waals surface area (Å²) in [4.78, 5) is 23.2. The van der Waals surface area contributed by atoms with Crippen molar-refractivity contribution >= 4 is 11.9 Å². The largest absolute Gasteiger partial charge is 0.378 e. The molecule has 120 valence electrons.